The van der Waals surface area contributed by atoms with Gasteiger partial charge in [0.25, 0.3) is 0 Å². The van der Waals surface area contributed by atoms with Crippen molar-refractivity contribution in [1.29, 1.82) is 0 Å². The summed E-state index contributed by atoms with van der Waals surface area (Å²) in [5.74, 6) is -1.53. The minimum atomic E-state index is -1.07. The average Bonchev–Trinajstić information content (AvgIpc) is 2.73. The first-order chi connectivity index (χ1) is 14.1. The van der Waals surface area contributed by atoms with Crippen molar-refractivity contribution in [3.05, 3.63) is 65.2 Å². The van der Waals surface area contributed by atoms with E-state index in [1.807, 2.05) is 17.0 Å². The van der Waals surface area contributed by atoms with Crippen LogP contribution in [0.5, 0.6) is 5.75 Å². The zero-order valence-corrected chi connectivity index (χ0v) is 16.2. The molecule has 0 aliphatic carbocycles. The maximum Gasteiger partial charge on any atom is 0.321 e. The first-order valence-electron chi connectivity index (χ1n) is 9.72. The minimum Gasteiger partial charge on any atom is -0.508 e. The molecular formula is C22H23N3O4. The van der Waals surface area contributed by atoms with E-state index in [0.29, 0.717) is 18.1 Å². The van der Waals surface area contributed by atoms with Gasteiger partial charge in [0.2, 0.25) is 11.9 Å². The van der Waals surface area contributed by atoms with Gasteiger partial charge < -0.3 is 14.7 Å². The van der Waals surface area contributed by atoms with Crippen molar-refractivity contribution < 1.29 is 19.4 Å². The number of nitrogens with zero attached hydrogens (tertiary/aromatic N) is 2. The van der Waals surface area contributed by atoms with Gasteiger partial charge in [-0.2, -0.15) is 0 Å². The summed E-state index contributed by atoms with van der Waals surface area (Å²) in [6.07, 6.45) is 0.857. The summed E-state index contributed by atoms with van der Waals surface area (Å²) in [6.45, 7) is 3.25. The Balaban J connectivity index is 1.68. The van der Waals surface area contributed by atoms with E-state index in [-0.39, 0.29) is 12.4 Å². The van der Waals surface area contributed by atoms with Gasteiger partial charge in [-0.05, 0) is 42.2 Å². The van der Waals surface area contributed by atoms with Crippen LogP contribution in [0.2, 0.25) is 0 Å². The fraction of sp³-hybridized carbons (Fsp3) is 0.318. The van der Waals surface area contributed by atoms with Crippen LogP contribution in [-0.4, -0.2) is 41.0 Å². The standard InChI is InChI=1S/C22H23N3O4/c1-2-29-21(28)18-19(15-7-9-17(26)10-8-15)23-22(24-20(18)27)25-12-11-14-5-3-4-6-16(14)13-25/h3-10,18-19,26H,2,11-13H2,1H3,(H,23,24,27)/t18-,19-/m1/s1. The zero-order chi connectivity index (χ0) is 20.4. The predicted molar refractivity (Wildman–Crippen MR) is 107 cm³/mol. The van der Waals surface area contributed by atoms with Crippen LogP contribution in [0.3, 0.4) is 0 Å². The first-order valence-corrected chi connectivity index (χ1v) is 9.72. The summed E-state index contributed by atoms with van der Waals surface area (Å²) in [5.41, 5.74) is 3.17. The summed E-state index contributed by atoms with van der Waals surface area (Å²) >= 11 is 0. The zero-order valence-electron chi connectivity index (χ0n) is 16.2. The van der Waals surface area contributed by atoms with Crippen molar-refractivity contribution in [2.45, 2.75) is 25.9 Å². The second kappa shape index (κ2) is 7.95. The molecule has 0 aromatic heterocycles. The van der Waals surface area contributed by atoms with Crippen LogP contribution >= 0.6 is 0 Å². The van der Waals surface area contributed by atoms with Gasteiger partial charge in [0, 0.05) is 13.1 Å². The number of nitrogens with one attached hydrogen (secondary N) is 1. The Kier molecular flexibility index (Phi) is 5.20. The fourth-order valence-corrected chi connectivity index (χ4v) is 3.81. The molecule has 2 aromatic carbocycles. The third-order valence-electron chi connectivity index (χ3n) is 5.30. The first kappa shape index (κ1) is 19.0. The van der Waals surface area contributed by atoms with Crippen LogP contribution in [0.15, 0.2) is 53.5 Å². The smallest absolute Gasteiger partial charge is 0.321 e. The Labute approximate surface area is 169 Å². The Bertz CT molecular complexity index is 955. The number of esters is 1. The normalized spacial score (nSPS) is 21.1. The number of phenolic OH excluding ortho intramolecular Hbond substituents is 1. The van der Waals surface area contributed by atoms with Gasteiger partial charge in [0.15, 0.2) is 5.92 Å². The van der Waals surface area contributed by atoms with E-state index in [2.05, 4.69) is 17.4 Å². The SMILES string of the molecule is CCOC(=O)[C@H]1C(=O)NC(N2CCc3ccccc3C2)=N[C@@H]1c1ccc(O)cc1. The summed E-state index contributed by atoms with van der Waals surface area (Å²) < 4.78 is 5.12. The van der Waals surface area contributed by atoms with E-state index in [0.717, 1.165) is 13.0 Å². The number of carbonyl (C=O) groups excluding carboxylic acids is 2. The molecule has 2 aliphatic rings. The van der Waals surface area contributed by atoms with Gasteiger partial charge in [-0.15, -0.1) is 0 Å². The number of aliphatic imine (C=N–C) groups is 1. The number of aromatic hydroxyl groups is 1. The highest BCUT2D eigenvalue weighted by Crippen LogP contribution is 2.32. The molecule has 2 aromatic rings. The van der Waals surface area contributed by atoms with Crippen molar-refractivity contribution in [2.75, 3.05) is 13.2 Å². The predicted octanol–water partition coefficient (Wildman–Crippen LogP) is 2.16. The molecule has 2 N–H and O–H groups in total. The second-order valence-corrected chi connectivity index (χ2v) is 7.15. The van der Waals surface area contributed by atoms with E-state index in [1.165, 1.54) is 23.3 Å². The van der Waals surface area contributed by atoms with Crippen LogP contribution in [0.1, 0.15) is 29.7 Å². The molecule has 2 heterocycles. The Hall–Kier alpha value is -3.35. The van der Waals surface area contributed by atoms with Gasteiger partial charge in [0.05, 0.1) is 6.61 Å². The lowest BCUT2D eigenvalue weighted by Gasteiger charge is -2.36. The van der Waals surface area contributed by atoms with Gasteiger partial charge >= 0.3 is 5.97 Å². The molecule has 0 radical (unpaired) electrons. The van der Waals surface area contributed by atoms with Crippen LogP contribution in [0.4, 0.5) is 0 Å². The number of fused-ring (bicyclic) bond motifs is 1. The molecule has 0 spiro atoms. The molecule has 29 heavy (non-hydrogen) atoms. The average molecular weight is 393 g/mol. The molecule has 4 rings (SSSR count). The van der Waals surface area contributed by atoms with Crippen molar-refractivity contribution in [2.24, 2.45) is 10.9 Å². The van der Waals surface area contributed by atoms with E-state index in [1.54, 1.807) is 19.1 Å². The molecule has 7 nitrogen and oxygen atoms in total. The van der Waals surface area contributed by atoms with E-state index in [4.69, 9.17) is 9.73 Å². The fourth-order valence-electron chi connectivity index (χ4n) is 3.81. The third-order valence-corrected chi connectivity index (χ3v) is 5.30. The molecular weight excluding hydrogens is 370 g/mol. The molecule has 7 heteroatoms. The summed E-state index contributed by atoms with van der Waals surface area (Å²) in [6, 6.07) is 13.9. The van der Waals surface area contributed by atoms with Crippen molar-refractivity contribution in [3.8, 4) is 5.75 Å². The molecule has 0 unspecified atom stereocenters. The Morgan fingerprint density at radius 2 is 1.93 bits per heavy atom. The highest BCUT2D eigenvalue weighted by molar-refractivity contribution is 6.08. The number of benzene rings is 2. The number of ether oxygens (including phenoxy) is 1. The maximum atomic E-state index is 12.9. The molecule has 150 valence electrons. The second-order valence-electron chi connectivity index (χ2n) is 7.15. The van der Waals surface area contributed by atoms with Crippen molar-refractivity contribution in [1.82, 2.24) is 10.2 Å². The van der Waals surface area contributed by atoms with Gasteiger partial charge in [0.1, 0.15) is 11.8 Å². The van der Waals surface area contributed by atoms with Gasteiger partial charge in [-0.1, -0.05) is 36.4 Å². The summed E-state index contributed by atoms with van der Waals surface area (Å²) in [7, 11) is 0. The molecule has 0 bridgehead atoms. The Morgan fingerprint density at radius 3 is 2.66 bits per heavy atom. The monoisotopic (exact) mass is 393 g/mol. The van der Waals surface area contributed by atoms with Crippen LogP contribution < -0.4 is 5.32 Å². The molecule has 0 saturated carbocycles. The molecule has 1 amide bonds. The third kappa shape index (κ3) is 3.81. The van der Waals surface area contributed by atoms with E-state index in [9.17, 15) is 14.7 Å². The van der Waals surface area contributed by atoms with Crippen LogP contribution in [0.25, 0.3) is 0 Å². The topological polar surface area (TPSA) is 91.2 Å². The lowest BCUT2D eigenvalue weighted by molar-refractivity contribution is -0.153. The molecule has 0 saturated heterocycles. The lowest BCUT2D eigenvalue weighted by atomic mass is 9.91. The van der Waals surface area contributed by atoms with Crippen LogP contribution in [-0.2, 0) is 27.3 Å². The number of amides is 1. The number of guanidine groups is 1. The highest BCUT2D eigenvalue weighted by Gasteiger charge is 2.42. The Morgan fingerprint density at radius 1 is 1.21 bits per heavy atom. The lowest BCUT2D eigenvalue weighted by Crippen LogP contribution is -2.53. The van der Waals surface area contributed by atoms with E-state index >= 15 is 0 Å². The minimum absolute atomic E-state index is 0.110. The number of phenols is 1. The van der Waals surface area contributed by atoms with Crippen LogP contribution in [0, 0.1) is 5.92 Å². The van der Waals surface area contributed by atoms with E-state index < -0.39 is 23.8 Å². The van der Waals surface area contributed by atoms with Crippen molar-refractivity contribution >= 4 is 17.8 Å². The summed E-state index contributed by atoms with van der Waals surface area (Å²) in [5, 5.41) is 12.4. The summed E-state index contributed by atoms with van der Waals surface area (Å²) in [4.78, 5) is 32.1. The van der Waals surface area contributed by atoms with Gasteiger partial charge in [-0.25, -0.2) is 4.99 Å². The quantitative estimate of drug-likeness (QED) is 0.616. The maximum absolute atomic E-state index is 12.9. The number of rotatable bonds is 3. The van der Waals surface area contributed by atoms with Crippen molar-refractivity contribution in [3.63, 3.8) is 0 Å². The largest absolute Gasteiger partial charge is 0.508 e. The van der Waals surface area contributed by atoms with Gasteiger partial charge in [-0.3, -0.25) is 14.9 Å². The number of hydrogen-bond donors (Lipinski definition) is 2. The molecule has 2 atom stereocenters. The highest BCUT2D eigenvalue weighted by atomic mass is 16.5. The number of carbonyl (C=O) groups is 2. The molecule has 2 aliphatic heterocycles. The number of hydrogen-bond acceptors (Lipinski definition) is 6. The molecule has 0 fully saturated rings.